The Kier molecular flexibility index (Phi) is 5.05. The van der Waals surface area contributed by atoms with Gasteiger partial charge in [-0.15, -0.1) is 0 Å². The van der Waals surface area contributed by atoms with E-state index in [2.05, 4.69) is 31.9 Å². The topological polar surface area (TPSA) is 26.3 Å². The Hall–Kier alpha value is -0.0600. The van der Waals surface area contributed by atoms with Gasteiger partial charge >= 0.3 is 5.97 Å². The van der Waals surface area contributed by atoms with Crippen LogP contribution >= 0.6 is 43.5 Å². The molecule has 0 N–H and O–H groups in total. The molecule has 0 saturated heterocycles. The second-order valence-corrected chi connectivity index (χ2v) is 7.95. The molecule has 94 valence electrons. The molecule has 0 aliphatic heterocycles. The van der Waals surface area contributed by atoms with Gasteiger partial charge in [-0.3, -0.25) is 0 Å². The molecule has 0 heterocycles. The quantitative estimate of drug-likeness (QED) is 0.525. The number of esters is 1. The fourth-order valence-electron chi connectivity index (χ4n) is 1.21. The summed E-state index contributed by atoms with van der Waals surface area (Å²) in [6.07, 6.45) is 0. The maximum Gasteiger partial charge on any atom is 0.340 e. The number of carbonyl (C=O) groups excluding carboxylic acids is 1. The van der Waals surface area contributed by atoms with Crippen molar-refractivity contribution in [1.29, 1.82) is 0 Å². The molecule has 0 bridgehead atoms. The van der Waals surface area contributed by atoms with Gasteiger partial charge in [0.15, 0.2) is 0 Å². The minimum absolute atomic E-state index is 0.0927. The van der Waals surface area contributed by atoms with Crippen molar-refractivity contribution in [2.75, 3.05) is 0 Å². The van der Waals surface area contributed by atoms with E-state index in [0.29, 0.717) is 10.6 Å². The molecule has 0 fully saturated rings. The summed E-state index contributed by atoms with van der Waals surface area (Å²) in [6, 6.07) is 5.27. The standard InChI is InChI=1S/C12H13Br2ClO2/c1-12(2,3)17-11(16)8-6-4-5-7(9(8)15)10(13)14/h4-6,10H,1-3H3. The molecule has 0 aliphatic carbocycles. The summed E-state index contributed by atoms with van der Waals surface area (Å²) in [7, 11) is 0. The smallest absolute Gasteiger partial charge is 0.340 e. The molecule has 0 atom stereocenters. The van der Waals surface area contributed by atoms with Gasteiger partial charge in [-0.1, -0.05) is 55.6 Å². The second kappa shape index (κ2) is 5.72. The second-order valence-electron chi connectivity index (χ2n) is 4.51. The highest BCUT2D eigenvalue weighted by Crippen LogP contribution is 2.36. The molecule has 0 radical (unpaired) electrons. The van der Waals surface area contributed by atoms with E-state index in [0.717, 1.165) is 5.56 Å². The first-order chi connectivity index (χ1) is 7.72. The van der Waals surface area contributed by atoms with Crippen LogP contribution in [-0.2, 0) is 4.74 Å². The predicted molar refractivity (Wildman–Crippen MR) is 77.2 cm³/mol. The van der Waals surface area contributed by atoms with Gasteiger partial charge in [0.25, 0.3) is 0 Å². The van der Waals surface area contributed by atoms with Gasteiger partial charge in [-0.05, 0) is 32.4 Å². The molecule has 1 aromatic rings. The van der Waals surface area contributed by atoms with E-state index in [9.17, 15) is 4.79 Å². The Balaban J connectivity index is 3.07. The zero-order valence-electron chi connectivity index (χ0n) is 9.76. The van der Waals surface area contributed by atoms with Gasteiger partial charge in [-0.2, -0.15) is 0 Å². The summed E-state index contributed by atoms with van der Waals surface area (Å²) in [5, 5.41) is 0.403. The largest absolute Gasteiger partial charge is 0.456 e. The van der Waals surface area contributed by atoms with Crippen molar-refractivity contribution >= 4 is 49.4 Å². The van der Waals surface area contributed by atoms with Crippen LogP contribution in [0.1, 0.15) is 40.4 Å². The summed E-state index contributed by atoms with van der Waals surface area (Å²) in [6.45, 7) is 5.46. The Bertz CT molecular complexity index is 425. The van der Waals surface area contributed by atoms with E-state index in [1.54, 1.807) is 12.1 Å². The van der Waals surface area contributed by atoms with E-state index >= 15 is 0 Å². The van der Waals surface area contributed by atoms with Crippen molar-refractivity contribution in [3.63, 3.8) is 0 Å². The van der Waals surface area contributed by atoms with E-state index in [1.807, 2.05) is 26.8 Å². The summed E-state index contributed by atoms with van der Waals surface area (Å²) in [5.41, 5.74) is 0.650. The third-order valence-electron chi connectivity index (χ3n) is 1.88. The first-order valence-corrected chi connectivity index (χ1v) is 7.23. The lowest BCUT2D eigenvalue weighted by molar-refractivity contribution is 0.00697. The third kappa shape index (κ3) is 4.27. The number of halogens is 3. The summed E-state index contributed by atoms with van der Waals surface area (Å²) in [5.74, 6) is -0.412. The van der Waals surface area contributed by atoms with Crippen LogP contribution in [0.4, 0.5) is 0 Å². The van der Waals surface area contributed by atoms with Gasteiger partial charge in [0, 0.05) is 0 Å². The third-order valence-corrected chi connectivity index (χ3v) is 3.29. The molecule has 17 heavy (non-hydrogen) atoms. The van der Waals surface area contributed by atoms with E-state index in [4.69, 9.17) is 16.3 Å². The van der Waals surface area contributed by atoms with Crippen molar-refractivity contribution in [2.45, 2.75) is 30.1 Å². The minimum Gasteiger partial charge on any atom is -0.456 e. The fraction of sp³-hybridized carbons (Fsp3) is 0.417. The normalized spacial score (nSPS) is 11.7. The molecule has 1 rings (SSSR count). The average molecular weight is 384 g/mol. The monoisotopic (exact) mass is 382 g/mol. The lowest BCUT2D eigenvalue weighted by atomic mass is 10.1. The van der Waals surface area contributed by atoms with Crippen LogP contribution in [0, 0.1) is 0 Å². The van der Waals surface area contributed by atoms with Crippen LogP contribution in [0.3, 0.4) is 0 Å². The first-order valence-electron chi connectivity index (χ1n) is 5.02. The van der Waals surface area contributed by atoms with Crippen LogP contribution in [0.25, 0.3) is 0 Å². The predicted octanol–water partition coefficient (Wildman–Crippen LogP) is 5.08. The van der Waals surface area contributed by atoms with Crippen molar-refractivity contribution in [3.05, 3.63) is 34.3 Å². The molecule has 0 unspecified atom stereocenters. The average Bonchev–Trinajstić information content (AvgIpc) is 2.14. The number of hydrogen-bond donors (Lipinski definition) is 0. The van der Waals surface area contributed by atoms with Crippen molar-refractivity contribution in [1.82, 2.24) is 0 Å². The Labute approximate surface area is 123 Å². The van der Waals surface area contributed by atoms with Crippen LogP contribution in [0.15, 0.2) is 18.2 Å². The van der Waals surface area contributed by atoms with Crippen molar-refractivity contribution in [2.24, 2.45) is 0 Å². The number of hydrogen-bond acceptors (Lipinski definition) is 2. The molecule has 2 nitrogen and oxygen atoms in total. The highest BCUT2D eigenvalue weighted by Gasteiger charge is 2.22. The zero-order valence-corrected chi connectivity index (χ0v) is 13.7. The highest BCUT2D eigenvalue weighted by atomic mass is 79.9. The maximum atomic E-state index is 11.9. The number of benzene rings is 1. The Morgan fingerprint density at radius 1 is 1.35 bits per heavy atom. The zero-order chi connectivity index (χ0) is 13.2. The highest BCUT2D eigenvalue weighted by molar-refractivity contribution is 9.24. The number of carbonyl (C=O) groups is 1. The van der Waals surface area contributed by atoms with Crippen LogP contribution in [-0.4, -0.2) is 11.6 Å². The Morgan fingerprint density at radius 2 is 1.94 bits per heavy atom. The number of rotatable bonds is 2. The summed E-state index contributed by atoms with van der Waals surface area (Å²) >= 11 is 12.9. The SMILES string of the molecule is CC(C)(C)OC(=O)c1cccc(C(Br)Br)c1Cl. The maximum absolute atomic E-state index is 11.9. The fourth-order valence-corrected chi connectivity index (χ4v) is 2.55. The van der Waals surface area contributed by atoms with Gasteiger partial charge < -0.3 is 4.74 Å². The molecular formula is C12H13Br2ClO2. The molecule has 5 heteroatoms. The lowest BCUT2D eigenvalue weighted by Crippen LogP contribution is -2.24. The van der Waals surface area contributed by atoms with Crippen LogP contribution in [0.2, 0.25) is 5.02 Å². The molecule has 0 spiro atoms. The van der Waals surface area contributed by atoms with E-state index in [-0.39, 0.29) is 3.74 Å². The van der Waals surface area contributed by atoms with Crippen LogP contribution in [0.5, 0.6) is 0 Å². The molecule has 0 aromatic heterocycles. The molecule has 0 amide bonds. The van der Waals surface area contributed by atoms with Crippen molar-refractivity contribution < 1.29 is 9.53 Å². The molecule has 0 saturated carbocycles. The van der Waals surface area contributed by atoms with Gasteiger partial charge in [0.05, 0.1) is 14.3 Å². The molecule has 0 aliphatic rings. The van der Waals surface area contributed by atoms with Gasteiger partial charge in [-0.25, -0.2) is 4.79 Å². The van der Waals surface area contributed by atoms with Crippen molar-refractivity contribution in [3.8, 4) is 0 Å². The first kappa shape index (κ1) is 15.0. The lowest BCUT2D eigenvalue weighted by Gasteiger charge is -2.20. The summed E-state index contributed by atoms with van der Waals surface area (Å²) < 4.78 is 5.19. The van der Waals surface area contributed by atoms with E-state index < -0.39 is 11.6 Å². The summed E-state index contributed by atoms with van der Waals surface area (Å²) in [4.78, 5) is 11.9. The Morgan fingerprint density at radius 3 is 2.41 bits per heavy atom. The minimum atomic E-state index is -0.529. The van der Waals surface area contributed by atoms with E-state index in [1.165, 1.54) is 0 Å². The van der Waals surface area contributed by atoms with Crippen LogP contribution < -0.4 is 0 Å². The molecule has 1 aromatic carbocycles. The van der Waals surface area contributed by atoms with Gasteiger partial charge in [0.1, 0.15) is 5.60 Å². The van der Waals surface area contributed by atoms with Gasteiger partial charge in [0.2, 0.25) is 0 Å². The number of ether oxygens (including phenoxy) is 1. The molecular weight excluding hydrogens is 371 g/mol. The number of alkyl halides is 2.